The molecule has 7 nitrogen and oxygen atoms in total. The molecule has 3 rings (SSSR count). The van der Waals surface area contributed by atoms with Crippen LogP contribution in [0.5, 0.6) is 11.5 Å². The molecule has 0 radical (unpaired) electrons. The van der Waals surface area contributed by atoms with Crippen LogP contribution in [0.3, 0.4) is 0 Å². The molecule has 0 saturated heterocycles. The molecule has 7 heteroatoms. The van der Waals surface area contributed by atoms with Gasteiger partial charge in [0.2, 0.25) is 0 Å². The summed E-state index contributed by atoms with van der Waals surface area (Å²) in [4.78, 5) is 26.1. The maximum atomic E-state index is 11.3. The molecule has 2 aromatic carbocycles. The number of carbonyl (C=O) groups is 2. The Labute approximate surface area is 160 Å². The van der Waals surface area contributed by atoms with Crippen molar-refractivity contribution in [3.05, 3.63) is 77.6 Å². The number of aromatic nitrogens is 1. The summed E-state index contributed by atoms with van der Waals surface area (Å²) >= 11 is 0. The van der Waals surface area contributed by atoms with Gasteiger partial charge in [0.25, 0.3) is 0 Å². The van der Waals surface area contributed by atoms with Crippen molar-refractivity contribution < 1.29 is 29.3 Å². The van der Waals surface area contributed by atoms with Crippen molar-refractivity contribution in [2.24, 2.45) is 0 Å². The molecule has 0 atom stereocenters. The Hall–Kier alpha value is -3.87. The standard InChI is InChI=1S/C21H17NO6/c1-27-19-11-14(7-8-18(19)28-12-13-5-3-2-4-6-13)15-9-16(20(23)24)22-17(10-15)21(25)26/h2-11H,12H2,1H3,(H,23,24)(H,25,26). The van der Waals surface area contributed by atoms with Crippen molar-refractivity contribution in [1.82, 2.24) is 4.98 Å². The molecule has 0 aliphatic carbocycles. The lowest BCUT2D eigenvalue weighted by Gasteiger charge is -2.13. The van der Waals surface area contributed by atoms with Crippen LogP contribution in [-0.4, -0.2) is 34.2 Å². The first kappa shape index (κ1) is 18.9. The third-order valence-electron chi connectivity index (χ3n) is 4.00. The van der Waals surface area contributed by atoms with E-state index in [9.17, 15) is 19.8 Å². The Morgan fingerprint density at radius 1 is 0.857 bits per heavy atom. The van der Waals surface area contributed by atoms with E-state index in [1.165, 1.54) is 19.2 Å². The maximum absolute atomic E-state index is 11.3. The number of carboxylic acid groups (broad SMARTS) is 2. The van der Waals surface area contributed by atoms with Crippen LogP contribution in [0.2, 0.25) is 0 Å². The first-order chi connectivity index (χ1) is 13.5. The molecule has 2 N–H and O–H groups in total. The number of methoxy groups -OCH3 is 1. The van der Waals surface area contributed by atoms with Crippen LogP contribution in [-0.2, 0) is 6.61 Å². The van der Waals surface area contributed by atoms with Gasteiger partial charge in [-0.15, -0.1) is 0 Å². The minimum absolute atomic E-state index is 0.349. The lowest BCUT2D eigenvalue weighted by molar-refractivity contribution is 0.0685. The zero-order valence-corrected chi connectivity index (χ0v) is 15.0. The number of nitrogens with zero attached hydrogens (tertiary/aromatic N) is 1. The average Bonchev–Trinajstić information content (AvgIpc) is 2.72. The Balaban J connectivity index is 1.93. The molecule has 0 bridgehead atoms. The molecule has 0 aliphatic heterocycles. The predicted molar refractivity (Wildman–Crippen MR) is 101 cm³/mol. The highest BCUT2D eigenvalue weighted by Crippen LogP contribution is 2.33. The molecule has 0 aliphatic rings. The molecule has 0 spiro atoms. The van der Waals surface area contributed by atoms with E-state index < -0.39 is 11.9 Å². The molecule has 0 amide bonds. The van der Waals surface area contributed by atoms with Crippen LogP contribution in [0.25, 0.3) is 11.1 Å². The van der Waals surface area contributed by atoms with Gasteiger partial charge in [-0.25, -0.2) is 14.6 Å². The van der Waals surface area contributed by atoms with Crippen LogP contribution in [0.1, 0.15) is 26.5 Å². The van der Waals surface area contributed by atoms with Crippen molar-refractivity contribution in [1.29, 1.82) is 0 Å². The number of ether oxygens (including phenoxy) is 2. The smallest absolute Gasteiger partial charge is 0.354 e. The van der Waals surface area contributed by atoms with E-state index in [4.69, 9.17) is 9.47 Å². The van der Waals surface area contributed by atoms with E-state index in [2.05, 4.69) is 4.98 Å². The van der Waals surface area contributed by atoms with E-state index >= 15 is 0 Å². The lowest BCUT2D eigenvalue weighted by atomic mass is 10.0. The highest BCUT2D eigenvalue weighted by atomic mass is 16.5. The third kappa shape index (κ3) is 4.27. The molecule has 1 heterocycles. The molecule has 28 heavy (non-hydrogen) atoms. The van der Waals surface area contributed by atoms with E-state index in [0.717, 1.165) is 5.56 Å². The van der Waals surface area contributed by atoms with Gasteiger partial charge in [-0.3, -0.25) is 0 Å². The molecular weight excluding hydrogens is 362 g/mol. The fourth-order valence-electron chi connectivity index (χ4n) is 2.62. The Bertz CT molecular complexity index is 984. The summed E-state index contributed by atoms with van der Waals surface area (Å²) in [5.41, 5.74) is 1.28. The van der Waals surface area contributed by atoms with Gasteiger partial charge in [0, 0.05) is 0 Å². The largest absolute Gasteiger partial charge is 0.493 e. The Kier molecular flexibility index (Phi) is 5.55. The minimum atomic E-state index is -1.31. The molecule has 0 fully saturated rings. The molecule has 0 unspecified atom stereocenters. The highest BCUT2D eigenvalue weighted by Gasteiger charge is 2.15. The number of rotatable bonds is 7. The van der Waals surface area contributed by atoms with Gasteiger partial charge >= 0.3 is 11.9 Å². The number of pyridine rings is 1. The van der Waals surface area contributed by atoms with Crippen LogP contribution < -0.4 is 9.47 Å². The summed E-state index contributed by atoms with van der Waals surface area (Å²) in [6.45, 7) is 0.359. The normalized spacial score (nSPS) is 10.3. The molecular formula is C21H17NO6. The van der Waals surface area contributed by atoms with Crippen molar-refractivity contribution in [2.75, 3.05) is 7.11 Å². The second-order valence-corrected chi connectivity index (χ2v) is 5.88. The number of hydrogen-bond donors (Lipinski definition) is 2. The Morgan fingerprint density at radius 3 is 2.07 bits per heavy atom. The zero-order valence-electron chi connectivity index (χ0n) is 15.0. The maximum Gasteiger partial charge on any atom is 0.354 e. The zero-order chi connectivity index (χ0) is 20.1. The van der Waals surface area contributed by atoms with Gasteiger partial charge in [-0.2, -0.15) is 0 Å². The van der Waals surface area contributed by atoms with Crippen LogP contribution in [0, 0.1) is 0 Å². The predicted octanol–water partition coefficient (Wildman–Crippen LogP) is 3.73. The van der Waals surface area contributed by atoms with Crippen LogP contribution >= 0.6 is 0 Å². The van der Waals surface area contributed by atoms with Gasteiger partial charge < -0.3 is 19.7 Å². The fourth-order valence-corrected chi connectivity index (χ4v) is 2.62. The quantitative estimate of drug-likeness (QED) is 0.644. The van der Waals surface area contributed by atoms with Gasteiger partial charge in [-0.1, -0.05) is 36.4 Å². The monoisotopic (exact) mass is 379 g/mol. The first-order valence-corrected chi connectivity index (χ1v) is 8.31. The molecule has 0 saturated carbocycles. The minimum Gasteiger partial charge on any atom is -0.493 e. The van der Waals surface area contributed by atoms with Gasteiger partial charge in [0.15, 0.2) is 11.5 Å². The summed E-state index contributed by atoms with van der Waals surface area (Å²) in [6.07, 6.45) is 0. The fraction of sp³-hybridized carbons (Fsp3) is 0.0952. The summed E-state index contributed by atoms with van der Waals surface area (Å²) in [7, 11) is 1.49. The van der Waals surface area contributed by atoms with Gasteiger partial charge in [0.05, 0.1) is 7.11 Å². The van der Waals surface area contributed by atoms with Crippen LogP contribution in [0.4, 0.5) is 0 Å². The second-order valence-electron chi connectivity index (χ2n) is 5.88. The van der Waals surface area contributed by atoms with E-state index in [0.29, 0.717) is 29.2 Å². The topological polar surface area (TPSA) is 106 Å². The summed E-state index contributed by atoms with van der Waals surface area (Å²) in [5, 5.41) is 18.4. The van der Waals surface area contributed by atoms with E-state index in [1.807, 2.05) is 30.3 Å². The summed E-state index contributed by atoms with van der Waals surface area (Å²) in [5.74, 6) is -1.65. The third-order valence-corrected chi connectivity index (χ3v) is 4.00. The van der Waals surface area contributed by atoms with Crippen molar-refractivity contribution >= 4 is 11.9 Å². The number of hydrogen-bond acceptors (Lipinski definition) is 5. The SMILES string of the molecule is COc1cc(-c2cc(C(=O)O)nc(C(=O)O)c2)ccc1OCc1ccccc1. The first-order valence-electron chi connectivity index (χ1n) is 8.31. The molecule has 3 aromatic rings. The summed E-state index contributed by atoms with van der Waals surface area (Å²) < 4.78 is 11.2. The number of carboxylic acids is 2. The van der Waals surface area contributed by atoms with Crippen molar-refractivity contribution in [3.8, 4) is 22.6 Å². The van der Waals surface area contributed by atoms with E-state index in [1.54, 1.807) is 18.2 Å². The van der Waals surface area contributed by atoms with E-state index in [-0.39, 0.29) is 11.4 Å². The second kappa shape index (κ2) is 8.22. The number of aromatic carboxylic acids is 2. The van der Waals surface area contributed by atoms with Crippen LogP contribution in [0.15, 0.2) is 60.7 Å². The summed E-state index contributed by atoms with van der Waals surface area (Å²) in [6, 6.07) is 17.3. The molecule has 142 valence electrons. The molecule has 1 aromatic heterocycles. The van der Waals surface area contributed by atoms with Gasteiger partial charge in [0.1, 0.15) is 18.0 Å². The average molecular weight is 379 g/mol. The lowest BCUT2D eigenvalue weighted by Crippen LogP contribution is -2.07. The van der Waals surface area contributed by atoms with Gasteiger partial charge in [-0.05, 0) is 41.0 Å². The number of benzene rings is 2. The van der Waals surface area contributed by atoms with Crippen molar-refractivity contribution in [3.63, 3.8) is 0 Å². The van der Waals surface area contributed by atoms with Crippen molar-refractivity contribution in [2.45, 2.75) is 6.61 Å². The highest BCUT2D eigenvalue weighted by molar-refractivity contribution is 5.92. The Morgan fingerprint density at radius 2 is 1.50 bits per heavy atom.